The normalized spacial score (nSPS) is 19.4. The topological polar surface area (TPSA) is 150 Å². The summed E-state index contributed by atoms with van der Waals surface area (Å²) in [5.74, 6) is 10.3. The first-order valence-electron chi connectivity index (χ1n) is 13.8. The van der Waals surface area contributed by atoms with Crippen molar-refractivity contribution in [2.75, 3.05) is 5.84 Å². The maximum absolute atomic E-state index is 10.9. The zero-order chi connectivity index (χ0) is 29.9. The Morgan fingerprint density at radius 2 is 1.68 bits per heavy atom. The van der Waals surface area contributed by atoms with E-state index < -0.39 is 10.1 Å². The molecule has 41 heavy (non-hydrogen) atoms. The quantitative estimate of drug-likeness (QED) is 0.128. The monoisotopic (exact) mass is 578 g/mol. The molecule has 218 valence electrons. The van der Waals surface area contributed by atoms with Crippen molar-refractivity contribution >= 4 is 32.3 Å². The molecule has 1 aromatic heterocycles. The zero-order valence-corrected chi connectivity index (χ0v) is 24.9. The van der Waals surface area contributed by atoms with Gasteiger partial charge in [0.1, 0.15) is 21.9 Å². The second-order valence-electron chi connectivity index (χ2n) is 11.1. The molecule has 0 aliphatic heterocycles. The van der Waals surface area contributed by atoms with Crippen molar-refractivity contribution in [3.05, 3.63) is 72.3 Å². The van der Waals surface area contributed by atoms with Gasteiger partial charge in [0.25, 0.3) is 11.6 Å². The maximum Gasteiger partial charge on any atom is 0.295 e. The Balaban J connectivity index is 0.000000195. The number of rotatable bonds is 5. The van der Waals surface area contributed by atoms with Crippen LogP contribution in [0.4, 0.5) is 11.4 Å². The van der Waals surface area contributed by atoms with Gasteiger partial charge >= 0.3 is 0 Å². The minimum absolute atomic E-state index is 0.157. The van der Waals surface area contributed by atoms with Crippen LogP contribution in [0.15, 0.2) is 75.8 Å². The van der Waals surface area contributed by atoms with E-state index in [1.807, 2.05) is 25.1 Å². The van der Waals surface area contributed by atoms with Crippen LogP contribution in [0.3, 0.4) is 0 Å². The number of aromatic hydroxyl groups is 1. The fourth-order valence-corrected chi connectivity index (χ4v) is 5.98. The van der Waals surface area contributed by atoms with Crippen LogP contribution in [0.1, 0.15) is 57.7 Å². The molecule has 3 atom stereocenters. The van der Waals surface area contributed by atoms with Gasteiger partial charge in [0.15, 0.2) is 0 Å². The Kier molecular flexibility index (Phi) is 9.08. The van der Waals surface area contributed by atoms with E-state index in [0.29, 0.717) is 28.7 Å². The second kappa shape index (κ2) is 12.4. The summed E-state index contributed by atoms with van der Waals surface area (Å²) in [6.45, 7) is 11.0. The molecule has 1 aliphatic rings. The summed E-state index contributed by atoms with van der Waals surface area (Å²) < 4.78 is 36.5. The van der Waals surface area contributed by atoms with Gasteiger partial charge in [-0.15, -0.1) is 14.5 Å². The van der Waals surface area contributed by atoms with E-state index in [0.717, 1.165) is 28.9 Å². The minimum Gasteiger partial charge on any atom is -0.744 e. The van der Waals surface area contributed by atoms with Gasteiger partial charge in [-0.05, 0) is 67.0 Å². The van der Waals surface area contributed by atoms with Crippen molar-refractivity contribution in [1.29, 1.82) is 0 Å². The number of nitrogens with two attached hydrogens (primary N) is 1. The van der Waals surface area contributed by atoms with Crippen molar-refractivity contribution in [2.24, 2.45) is 28.0 Å². The van der Waals surface area contributed by atoms with Gasteiger partial charge in [-0.3, -0.25) is 5.84 Å². The Hall–Kier alpha value is -3.83. The fourth-order valence-electron chi connectivity index (χ4n) is 5.51. The smallest absolute Gasteiger partial charge is 0.295 e. The van der Waals surface area contributed by atoms with Crippen LogP contribution >= 0.6 is 0 Å². The SMILES string of the molecule is Cc1nn(C2CC(C)CCC2C(C)C)c(C)[n+]1N.O=S(=O)([O-])c1ccc(N=Nc2ccc(O)c3ccccc23)cc1. The predicted octanol–water partition coefficient (Wildman–Crippen LogP) is 6.00. The predicted molar refractivity (Wildman–Crippen MR) is 157 cm³/mol. The lowest BCUT2D eigenvalue weighted by atomic mass is 9.74. The van der Waals surface area contributed by atoms with E-state index in [1.54, 1.807) is 16.8 Å². The Labute approximate surface area is 241 Å². The summed E-state index contributed by atoms with van der Waals surface area (Å²) in [5.41, 5.74) is 0.980. The molecular weight excluding hydrogens is 540 g/mol. The summed E-state index contributed by atoms with van der Waals surface area (Å²) in [6, 6.07) is 16.1. The molecule has 5 rings (SSSR count). The Morgan fingerprint density at radius 1 is 1.02 bits per heavy atom. The highest BCUT2D eigenvalue weighted by Crippen LogP contribution is 2.41. The van der Waals surface area contributed by atoms with Crippen molar-refractivity contribution in [3.8, 4) is 5.75 Å². The number of aryl methyl sites for hydroxylation is 1. The molecule has 1 fully saturated rings. The van der Waals surface area contributed by atoms with Crippen LogP contribution in [0, 0.1) is 31.6 Å². The third kappa shape index (κ3) is 6.91. The van der Waals surface area contributed by atoms with E-state index in [9.17, 15) is 18.1 Å². The number of azo groups is 1. The molecule has 3 aromatic carbocycles. The third-order valence-electron chi connectivity index (χ3n) is 7.86. The van der Waals surface area contributed by atoms with Crippen molar-refractivity contribution in [3.63, 3.8) is 0 Å². The zero-order valence-electron chi connectivity index (χ0n) is 24.1. The van der Waals surface area contributed by atoms with Crippen molar-refractivity contribution in [2.45, 2.75) is 64.8 Å². The van der Waals surface area contributed by atoms with Gasteiger partial charge in [-0.1, -0.05) is 51.5 Å². The van der Waals surface area contributed by atoms with Gasteiger partial charge in [0.05, 0.1) is 16.3 Å². The number of benzene rings is 3. The molecule has 3 N–H and O–H groups in total. The first-order chi connectivity index (χ1) is 19.4. The highest BCUT2D eigenvalue weighted by Gasteiger charge is 2.38. The summed E-state index contributed by atoms with van der Waals surface area (Å²) in [7, 11) is -4.47. The van der Waals surface area contributed by atoms with Gasteiger partial charge in [-0.2, -0.15) is 5.11 Å². The second-order valence-corrected chi connectivity index (χ2v) is 12.5. The average molecular weight is 579 g/mol. The van der Waals surface area contributed by atoms with E-state index in [-0.39, 0.29) is 10.6 Å². The molecule has 1 saturated carbocycles. The number of hydrogen-bond donors (Lipinski definition) is 2. The van der Waals surface area contributed by atoms with Crippen molar-refractivity contribution in [1.82, 2.24) is 9.78 Å². The number of aromatic nitrogens is 3. The van der Waals surface area contributed by atoms with Crippen LogP contribution in [0.5, 0.6) is 5.75 Å². The maximum atomic E-state index is 10.9. The van der Waals surface area contributed by atoms with Gasteiger partial charge in [0.2, 0.25) is 0 Å². The van der Waals surface area contributed by atoms with E-state index >= 15 is 0 Å². The molecule has 0 saturated heterocycles. The first kappa shape index (κ1) is 30.1. The number of fused-ring (bicyclic) bond motifs is 1. The summed E-state index contributed by atoms with van der Waals surface area (Å²) >= 11 is 0. The molecule has 0 spiro atoms. The van der Waals surface area contributed by atoms with E-state index in [2.05, 4.69) is 47.7 Å². The van der Waals surface area contributed by atoms with Crippen LogP contribution in [-0.4, -0.2) is 27.9 Å². The van der Waals surface area contributed by atoms with Gasteiger partial charge in [-0.25, -0.2) is 8.42 Å². The molecule has 1 aliphatic carbocycles. The number of nitrogen functional groups attached to an aromatic ring is 1. The van der Waals surface area contributed by atoms with Crippen LogP contribution in [0.2, 0.25) is 0 Å². The number of phenols is 1. The summed E-state index contributed by atoms with van der Waals surface area (Å²) in [5, 5.41) is 24.0. The van der Waals surface area contributed by atoms with Crippen molar-refractivity contribution < 1.29 is 22.8 Å². The Bertz CT molecular complexity index is 1650. The fraction of sp³-hybridized carbons (Fsp3) is 0.400. The molecule has 1 heterocycles. The van der Waals surface area contributed by atoms with Gasteiger partial charge < -0.3 is 9.66 Å². The lowest BCUT2D eigenvalue weighted by molar-refractivity contribution is -0.652. The molecule has 0 bridgehead atoms. The third-order valence-corrected chi connectivity index (χ3v) is 8.71. The molecule has 4 aromatic rings. The summed E-state index contributed by atoms with van der Waals surface area (Å²) in [4.78, 5) is -0.313. The lowest BCUT2D eigenvalue weighted by Gasteiger charge is -2.34. The molecule has 0 amide bonds. The standard InChI is InChI=1S/C16H12N2O4S.C14H27N4/c19-16-10-9-15(13-3-1-2-4-14(13)16)18-17-11-5-7-12(8-6-11)23(20,21)22;1-9(2)13-7-6-10(3)8-14(13)18-12(5)17(15)11(4)16-18/h1-10,19H,(H,20,21,22);9-10,13-14H,6-8,15H2,1-5H3/q;+1/p-1. The number of hydrogen-bond acceptors (Lipinski definition) is 8. The van der Waals surface area contributed by atoms with E-state index in [1.165, 1.54) is 49.6 Å². The Morgan fingerprint density at radius 3 is 2.27 bits per heavy atom. The minimum atomic E-state index is -4.47. The number of nitrogens with zero attached hydrogens (tertiary/aromatic N) is 5. The summed E-state index contributed by atoms with van der Waals surface area (Å²) in [6.07, 6.45) is 3.89. The highest BCUT2D eigenvalue weighted by molar-refractivity contribution is 7.85. The molecule has 0 radical (unpaired) electrons. The average Bonchev–Trinajstić information content (AvgIpc) is 3.20. The first-order valence-corrected chi connectivity index (χ1v) is 15.2. The molecule has 11 heteroatoms. The van der Waals surface area contributed by atoms with E-state index in [4.69, 9.17) is 5.84 Å². The van der Waals surface area contributed by atoms with Crippen LogP contribution in [0.25, 0.3) is 10.8 Å². The van der Waals surface area contributed by atoms with Crippen LogP contribution < -0.4 is 10.5 Å². The molecular formula is C30H38N6O4S. The van der Waals surface area contributed by atoms with Gasteiger partial charge in [0, 0.05) is 29.7 Å². The van der Waals surface area contributed by atoms with Crippen LogP contribution in [-0.2, 0) is 10.1 Å². The molecule has 3 unspecified atom stereocenters. The highest BCUT2D eigenvalue weighted by atomic mass is 32.2. The largest absolute Gasteiger partial charge is 0.744 e. The molecule has 10 nitrogen and oxygen atoms in total. The number of phenolic OH excluding ortho intramolecular Hbond substituents is 1. The lowest BCUT2D eigenvalue weighted by Crippen LogP contribution is -2.49.